The number of hydrogen-bond acceptors (Lipinski definition) is 3. The van der Waals surface area contributed by atoms with Gasteiger partial charge in [-0.3, -0.25) is 5.21 Å². The highest BCUT2D eigenvalue weighted by atomic mass is 16.9. The van der Waals surface area contributed by atoms with Crippen LogP contribution in [0.2, 0.25) is 0 Å². The maximum atomic E-state index is 10.5. The van der Waals surface area contributed by atoms with E-state index in [0.717, 1.165) is 6.42 Å². The molecular formula is C6H12N2O2. The van der Waals surface area contributed by atoms with Gasteiger partial charge in [-0.2, -0.15) is 0 Å². The highest BCUT2D eigenvalue weighted by Gasteiger charge is 2.16. The normalized spacial score (nSPS) is 25.9. The van der Waals surface area contributed by atoms with E-state index in [0.29, 0.717) is 17.6 Å². The number of nitrogens with zero attached hydrogens (tertiary/aromatic N) is 2. The lowest BCUT2D eigenvalue weighted by Gasteiger charge is -2.25. The molecular weight excluding hydrogens is 132 g/mol. The molecule has 0 unspecified atom stereocenters. The van der Waals surface area contributed by atoms with Gasteiger partial charge in [0.05, 0.1) is 6.61 Å². The molecule has 1 heterocycles. The first-order chi connectivity index (χ1) is 4.70. The fourth-order valence-corrected chi connectivity index (χ4v) is 0.848. The van der Waals surface area contributed by atoms with Gasteiger partial charge in [0.25, 0.3) is 0 Å². The van der Waals surface area contributed by atoms with Crippen molar-refractivity contribution in [3.63, 3.8) is 0 Å². The second-order valence-corrected chi connectivity index (χ2v) is 2.62. The Bertz CT molecular complexity index is 145. The van der Waals surface area contributed by atoms with E-state index in [-0.39, 0.29) is 0 Å². The minimum absolute atomic E-state index is 0.352. The molecule has 0 bridgehead atoms. The fourth-order valence-electron chi connectivity index (χ4n) is 0.848. The molecule has 1 atom stereocenters. The third kappa shape index (κ3) is 1.60. The van der Waals surface area contributed by atoms with Crippen molar-refractivity contribution in [3.05, 3.63) is 5.21 Å². The first-order valence-corrected chi connectivity index (χ1v) is 3.29. The molecule has 1 aliphatic rings. The highest BCUT2D eigenvalue weighted by molar-refractivity contribution is 5.52. The summed E-state index contributed by atoms with van der Waals surface area (Å²) in [6.07, 6.45) is 2.28. The third-order valence-corrected chi connectivity index (χ3v) is 1.65. The minimum atomic E-state index is 0.352. The molecule has 0 fully saturated rings. The Labute approximate surface area is 60.2 Å². The second-order valence-electron chi connectivity index (χ2n) is 2.62. The summed E-state index contributed by atoms with van der Waals surface area (Å²) in [7, 11) is 3.95. The summed E-state index contributed by atoms with van der Waals surface area (Å²) >= 11 is 0. The van der Waals surface area contributed by atoms with Gasteiger partial charge in [-0.15, -0.1) is 0 Å². The summed E-state index contributed by atoms with van der Waals surface area (Å²) in [4.78, 5) is 7.31. The Balaban J connectivity index is 2.42. The largest absolute Gasteiger partial charge is 0.402 e. The summed E-state index contributed by atoms with van der Waals surface area (Å²) in [5, 5.41) is 10.5. The van der Waals surface area contributed by atoms with Crippen LogP contribution in [0.25, 0.3) is 0 Å². The molecule has 0 amide bonds. The molecule has 1 aliphatic heterocycles. The Morgan fingerprint density at radius 3 is 2.80 bits per heavy atom. The molecule has 0 aromatic carbocycles. The van der Waals surface area contributed by atoms with Crippen molar-refractivity contribution < 1.29 is 9.74 Å². The topological polar surface area (TPSA) is 38.5 Å². The van der Waals surface area contributed by atoms with E-state index in [9.17, 15) is 5.21 Å². The lowest BCUT2D eigenvalue weighted by Crippen LogP contribution is -2.37. The van der Waals surface area contributed by atoms with E-state index in [1.54, 1.807) is 0 Å². The standard InChI is InChI=1S/C6H12N2O2/c1-7(2)6-3-4-8(9)10-5-6/h4,6H,3,5H2,1-2H3/t6-/m0/s1. The summed E-state index contributed by atoms with van der Waals surface area (Å²) < 4.78 is 0. The quantitative estimate of drug-likeness (QED) is 0.480. The van der Waals surface area contributed by atoms with Crippen LogP contribution in [0.3, 0.4) is 0 Å². The lowest BCUT2D eigenvalue weighted by molar-refractivity contribution is -0.744. The van der Waals surface area contributed by atoms with Crippen LogP contribution in [0, 0.1) is 5.21 Å². The lowest BCUT2D eigenvalue weighted by atomic mass is 10.2. The summed E-state index contributed by atoms with van der Waals surface area (Å²) in [6.45, 7) is 0.493. The first-order valence-electron chi connectivity index (χ1n) is 3.29. The van der Waals surface area contributed by atoms with E-state index >= 15 is 0 Å². The molecule has 0 spiro atoms. The Kier molecular flexibility index (Phi) is 2.11. The van der Waals surface area contributed by atoms with Crippen molar-refractivity contribution in [2.45, 2.75) is 12.5 Å². The van der Waals surface area contributed by atoms with E-state index < -0.39 is 0 Å². The van der Waals surface area contributed by atoms with Crippen molar-refractivity contribution >= 4 is 6.21 Å². The average molecular weight is 144 g/mol. The molecule has 58 valence electrons. The molecule has 0 aliphatic carbocycles. The summed E-state index contributed by atoms with van der Waals surface area (Å²) in [5.41, 5.74) is 0. The van der Waals surface area contributed by atoms with E-state index in [4.69, 9.17) is 4.84 Å². The van der Waals surface area contributed by atoms with Crippen LogP contribution in [0.1, 0.15) is 6.42 Å². The zero-order valence-corrected chi connectivity index (χ0v) is 6.28. The van der Waals surface area contributed by atoms with Gasteiger partial charge in [-0.1, -0.05) is 0 Å². The summed E-state index contributed by atoms with van der Waals surface area (Å²) in [6, 6.07) is 0.352. The predicted octanol–water partition coefficient (Wildman–Crippen LogP) is -0.167. The van der Waals surface area contributed by atoms with Gasteiger partial charge >= 0.3 is 0 Å². The highest BCUT2D eigenvalue weighted by Crippen LogP contribution is 2.02. The van der Waals surface area contributed by atoms with Crippen molar-refractivity contribution in [2.24, 2.45) is 0 Å². The Morgan fingerprint density at radius 1 is 1.70 bits per heavy atom. The molecule has 4 heteroatoms. The zero-order valence-electron chi connectivity index (χ0n) is 6.28. The van der Waals surface area contributed by atoms with Gasteiger partial charge in [0.1, 0.15) is 0 Å². The van der Waals surface area contributed by atoms with Gasteiger partial charge in [0, 0.05) is 17.4 Å². The molecule has 10 heavy (non-hydrogen) atoms. The van der Waals surface area contributed by atoms with Crippen LogP contribution in [0.15, 0.2) is 0 Å². The fraction of sp³-hybridized carbons (Fsp3) is 0.833. The van der Waals surface area contributed by atoms with Gasteiger partial charge < -0.3 is 9.74 Å². The third-order valence-electron chi connectivity index (χ3n) is 1.65. The van der Waals surface area contributed by atoms with Crippen molar-refractivity contribution in [2.75, 3.05) is 20.7 Å². The van der Waals surface area contributed by atoms with Crippen molar-refractivity contribution in [1.82, 2.24) is 4.90 Å². The maximum Gasteiger partial charge on any atom is 0.211 e. The molecule has 1 rings (SSSR count). The van der Waals surface area contributed by atoms with Crippen LogP contribution in [-0.4, -0.2) is 42.8 Å². The smallest absolute Gasteiger partial charge is 0.211 e. The van der Waals surface area contributed by atoms with Crippen LogP contribution >= 0.6 is 0 Å². The van der Waals surface area contributed by atoms with Crippen molar-refractivity contribution in [3.8, 4) is 0 Å². The minimum Gasteiger partial charge on any atom is -0.402 e. The molecule has 4 nitrogen and oxygen atoms in total. The van der Waals surface area contributed by atoms with Gasteiger partial charge in [-0.25, -0.2) is 0 Å². The van der Waals surface area contributed by atoms with Crippen LogP contribution in [-0.2, 0) is 4.84 Å². The number of likely N-dealkylation sites (N-methyl/N-ethyl adjacent to an activating group) is 1. The van der Waals surface area contributed by atoms with E-state index in [1.165, 1.54) is 6.21 Å². The predicted molar refractivity (Wildman–Crippen MR) is 37.7 cm³/mol. The van der Waals surface area contributed by atoms with Crippen molar-refractivity contribution in [1.29, 1.82) is 0 Å². The Morgan fingerprint density at radius 2 is 2.40 bits per heavy atom. The molecule has 0 radical (unpaired) electrons. The number of hydrogen-bond donors (Lipinski definition) is 0. The van der Waals surface area contributed by atoms with Gasteiger partial charge in [0.2, 0.25) is 6.21 Å². The van der Waals surface area contributed by atoms with Gasteiger partial charge in [0.15, 0.2) is 0 Å². The molecule has 0 aromatic heterocycles. The van der Waals surface area contributed by atoms with Crippen LogP contribution in [0.5, 0.6) is 0 Å². The molecule has 0 saturated heterocycles. The molecule has 0 aromatic rings. The molecule has 0 N–H and O–H groups in total. The average Bonchev–Trinajstić information content (AvgIpc) is 1.88. The summed E-state index contributed by atoms with van der Waals surface area (Å²) in [5.74, 6) is 0. The second kappa shape index (κ2) is 2.88. The number of rotatable bonds is 1. The Hall–Kier alpha value is -0.770. The molecule has 0 saturated carbocycles. The maximum absolute atomic E-state index is 10.5. The first kappa shape index (κ1) is 7.34. The monoisotopic (exact) mass is 144 g/mol. The van der Waals surface area contributed by atoms with Crippen LogP contribution < -0.4 is 0 Å². The SMILES string of the molecule is CN(C)[C@H]1CC=[N+]([O-])OC1. The van der Waals surface area contributed by atoms with Crippen LogP contribution in [0.4, 0.5) is 0 Å². The van der Waals surface area contributed by atoms with E-state index in [2.05, 4.69) is 0 Å². The van der Waals surface area contributed by atoms with Gasteiger partial charge in [-0.05, 0) is 14.1 Å². The van der Waals surface area contributed by atoms with E-state index in [1.807, 2.05) is 19.0 Å². The zero-order chi connectivity index (χ0) is 7.56.